The van der Waals surface area contributed by atoms with Crippen LogP contribution in [-0.2, 0) is 6.42 Å². The summed E-state index contributed by atoms with van der Waals surface area (Å²) >= 11 is 0. The molecular weight excluding hydrogens is 158 g/mol. The van der Waals surface area contributed by atoms with E-state index in [-0.39, 0.29) is 6.04 Å². The zero-order valence-electron chi connectivity index (χ0n) is 8.38. The summed E-state index contributed by atoms with van der Waals surface area (Å²) in [6.45, 7) is 7.90. The highest BCUT2D eigenvalue weighted by Gasteiger charge is 2.03. The van der Waals surface area contributed by atoms with Crippen LogP contribution in [0.5, 0.6) is 0 Å². The molecule has 0 spiro atoms. The topological polar surface area (TPSA) is 26.0 Å². The Morgan fingerprint density at radius 2 is 1.92 bits per heavy atom. The lowest BCUT2D eigenvalue weighted by Gasteiger charge is -2.10. The average Bonchev–Trinajstić information content (AvgIpc) is 2.08. The zero-order valence-corrected chi connectivity index (χ0v) is 8.38. The lowest BCUT2D eigenvalue weighted by Crippen LogP contribution is -2.23. The number of benzene rings is 1. The molecule has 13 heavy (non-hydrogen) atoms. The van der Waals surface area contributed by atoms with E-state index in [0.29, 0.717) is 0 Å². The van der Waals surface area contributed by atoms with Crippen LogP contribution in [0.3, 0.4) is 0 Å². The summed E-state index contributed by atoms with van der Waals surface area (Å²) in [6.07, 6.45) is 0.885. The highest BCUT2D eigenvalue weighted by Crippen LogP contribution is 2.08. The maximum Gasteiger partial charge on any atom is 0.0289 e. The molecular formula is C12H17N. The van der Waals surface area contributed by atoms with Gasteiger partial charge in [0, 0.05) is 6.04 Å². The maximum atomic E-state index is 5.89. The van der Waals surface area contributed by atoms with Crippen molar-refractivity contribution in [3.05, 3.63) is 47.5 Å². The van der Waals surface area contributed by atoms with Crippen molar-refractivity contribution < 1.29 is 0 Å². The Labute approximate surface area is 80.3 Å². The lowest BCUT2D eigenvalue weighted by molar-refractivity contribution is 0.766. The molecule has 0 saturated carbocycles. The fourth-order valence-corrected chi connectivity index (χ4v) is 1.15. The normalized spacial score (nSPS) is 12.5. The van der Waals surface area contributed by atoms with Gasteiger partial charge in [-0.1, -0.05) is 42.0 Å². The van der Waals surface area contributed by atoms with Crippen molar-refractivity contribution in [2.45, 2.75) is 26.3 Å². The van der Waals surface area contributed by atoms with Gasteiger partial charge < -0.3 is 5.73 Å². The van der Waals surface area contributed by atoms with Gasteiger partial charge in [0.05, 0.1) is 0 Å². The molecule has 0 aliphatic rings. The van der Waals surface area contributed by atoms with Gasteiger partial charge in [-0.2, -0.15) is 0 Å². The average molecular weight is 175 g/mol. The number of nitrogens with two attached hydrogens (primary N) is 1. The molecule has 0 aliphatic heterocycles. The quantitative estimate of drug-likeness (QED) is 0.701. The summed E-state index contributed by atoms with van der Waals surface area (Å²) < 4.78 is 0. The van der Waals surface area contributed by atoms with E-state index in [1.807, 2.05) is 6.92 Å². The minimum absolute atomic E-state index is 0.0858. The third-order valence-electron chi connectivity index (χ3n) is 2.21. The molecule has 1 nitrogen and oxygen atoms in total. The Morgan fingerprint density at radius 1 is 1.38 bits per heavy atom. The van der Waals surface area contributed by atoms with Crippen LogP contribution >= 0.6 is 0 Å². The summed E-state index contributed by atoms with van der Waals surface area (Å²) in [4.78, 5) is 0. The first kappa shape index (κ1) is 10.0. The fourth-order valence-electron chi connectivity index (χ4n) is 1.15. The SMILES string of the molecule is C=C(C)[C@@H](N)Cc1ccc(C)cc1. The van der Waals surface area contributed by atoms with Crippen LogP contribution in [0.1, 0.15) is 18.1 Å². The minimum Gasteiger partial charge on any atom is -0.324 e. The van der Waals surface area contributed by atoms with E-state index in [1.165, 1.54) is 11.1 Å². The summed E-state index contributed by atoms with van der Waals surface area (Å²) in [7, 11) is 0. The Hall–Kier alpha value is -1.08. The van der Waals surface area contributed by atoms with Crippen molar-refractivity contribution in [1.29, 1.82) is 0 Å². The monoisotopic (exact) mass is 175 g/mol. The molecule has 1 atom stereocenters. The fraction of sp³-hybridized carbons (Fsp3) is 0.333. The first-order valence-corrected chi connectivity index (χ1v) is 4.56. The minimum atomic E-state index is 0.0858. The van der Waals surface area contributed by atoms with Crippen molar-refractivity contribution in [3.8, 4) is 0 Å². The number of hydrogen-bond donors (Lipinski definition) is 1. The second-order valence-corrected chi connectivity index (χ2v) is 3.64. The van der Waals surface area contributed by atoms with E-state index in [0.717, 1.165) is 12.0 Å². The van der Waals surface area contributed by atoms with Crippen molar-refractivity contribution in [1.82, 2.24) is 0 Å². The summed E-state index contributed by atoms with van der Waals surface area (Å²) in [5.74, 6) is 0. The third kappa shape index (κ3) is 3.03. The van der Waals surface area contributed by atoms with Gasteiger partial charge in [-0.15, -0.1) is 0 Å². The van der Waals surface area contributed by atoms with Crippen LogP contribution < -0.4 is 5.73 Å². The molecule has 1 aromatic carbocycles. The van der Waals surface area contributed by atoms with Gasteiger partial charge >= 0.3 is 0 Å². The largest absolute Gasteiger partial charge is 0.324 e. The van der Waals surface area contributed by atoms with Gasteiger partial charge in [-0.05, 0) is 25.8 Å². The molecule has 1 aromatic rings. The second-order valence-electron chi connectivity index (χ2n) is 3.64. The first-order valence-electron chi connectivity index (χ1n) is 4.56. The maximum absolute atomic E-state index is 5.89. The Kier molecular flexibility index (Phi) is 3.26. The standard InChI is InChI=1S/C12H17N/c1-9(2)12(13)8-11-6-4-10(3)5-7-11/h4-7,12H,1,8,13H2,2-3H3/t12-/m0/s1. The Balaban J connectivity index is 2.64. The zero-order chi connectivity index (χ0) is 9.84. The van der Waals surface area contributed by atoms with Crippen molar-refractivity contribution in [2.75, 3.05) is 0 Å². The smallest absolute Gasteiger partial charge is 0.0289 e. The Morgan fingerprint density at radius 3 is 2.38 bits per heavy atom. The molecule has 0 amide bonds. The molecule has 0 aromatic heterocycles. The molecule has 0 radical (unpaired) electrons. The number of rotatable bonds is 3. The van der Waals surface area contributed by atoms with Crippen LogP contribution in [-0.4, -0.2) is 6.04 Å². The van der Waals surface area contributed by atoms with Gasteiger partial charge in [0.25, 0.3) is 0 Å². The van der Waals surface area contributed by atoms with Crippen LogP contribution in [0.2, 0.25) is 0 Å². The molecule has 0 aliphatic carbocycles. The molecule has 0 saturated heterocycles. The van der Waals surface area contributed by atoms with Gasteiger partial charge in [0.1, 0.15) is 0 Å². The van der Waals surface area contributed by atoms with Gasteiger partial charge in [-0.3, -0.25) is 0 Å². The van der Waals surface area contributed by atoms with Crippen molar-refractivity contribution >= 4 is 0 Å². The van der Waals surface area contributed by atoms with E-state index in [4.69, 9.17) is 5.73 Å². The van der Waals surface area contributed by atoms with E-state index >= 15 is 0 Å². The van der Waals surface area contributed by atoms with Crippen LogP contribution in [0.15, 0.2) is 36.4 Å². The summed E-state index contributed by atoms with van der Waals surface area (Å²) in [5, 5.41) is 0. The number of hydrogen-bond acceptors (Lipinski definition) is 1. The van der Waals surface area contributed by atoms with Gasteiger partial charge in [-0.25, -0.2) is 0 Å². The second kappa shape index (κ2) is 4.24. The number of aryl methyl sites for hydroxylation is 1. The van der Waals surface area contributed by atoms with E-state index in [9.17, 15) is 0 Å². The Bertz CT molecular complexity index is 284. The van der Waals surface area contributed by atoms with E-state index in [1.54, 1.807) is 0 Å². The molecule has 1 rings (SSSR count). The third-order valence-corrected chi connectivity index (χ3v) is 2.21. The molecule has 0 heterocycles. The highest BCUT2D eigenvalue weighted by molar-refractivity contribution is 5.23. The van der Waals surface area contributed by atoms with E-state index < -0.39 is 0 Å². The predicted molar refractivity (Wildman–Crippen MR) is 57.7 cm³/mol. The highest BCUT2D eigenvalue weighted by atomic mass is 14.6. The van der Waals surface area contributed by atoms with Crippen molar-refractivity contribution in [3.63, 3.8) is 0 Å². The summed E-state index contributed by atoms with van der Waals surface area (Å²) in [6, 6.07) is 8.56. The molecule has 1 heteroatoms. The van der Waals surface area contributed by atoms with Gasteiger partial charge in [0.2, 0.25) is 0 Å². The molecule has 2 N–H and O–H groups in total. The van der Waals surface area contributed by atoms with Crippen LogP contribution in [0, 0.1) is 6.92 Å². The molecule has 0 bridgehead atoms. The van der Waals surface area contributed by atoms with Crippen LogP contribution in [0.25, 0.3) is 0 Å². The molecule has 0 unspecified atom stereocenters. The van der Waals surface area contributed by atoms with Crippen LogP contribution in [0.4, 0.5) is 0 Å². The predicted octanol–water partition coefficient (Wildman–Crippen LogP) is 2.44. The molecule has 70 valence electrons. The molecule has 0 fully saturated rings. The van der Waals surface area contributed by atoms with E-state index in [2.05, 4.69) is 37.8 Å². The van der Waals surface area contributed by atoms with Gasteiger partial charge in [0.15, 0.2) is 0 Å². The summed E-state index contributed by atoms with van der Waals surface area (Å²) in [5.41, 5.74) is 9.49. The van der Waals surface area contributed by atoms with Crippen molar-refractivity contribution in [2.24, 2.45) is 5.73 Å². The lowest BCUT2D eigenvalue weighted by atomic mass is 10.0. The first-order chi connectivity index (χ1) is 6.09.